The summed E-state index contributed by atoms with van der Waals surface area (Å²) < 4.78 is 5.69. The molecule has 2 rings (SSSR count). The van der Waals surface area contributed by atoms with Gasteiger partial charge in [-0.2, -0.15) is 0 Å². The third-order valence-corrected chi connectivity index (χ3v) is 4.75. The summed E-state index contributed by atoms with van der Waals surface area (Å²) in [4.78, 5) is 35.2. The van der Waals surface area contributed by atoms with Crippen LogP contribution in [0.4, 0.5) is 5.69 Å². The minimum Gasteiger partial charge on any atom is -0.480 e. The largest absolute Gasteiger partial charge is 0.480 e. The Morgan fingerprint density at radius 2 is 1.81 bits per heavy atom. The monoisotopic (exact) mass is 421 g/mol. The number of benzene rings is 2. The van der Waals surface area contributed by atoms with Crippen LogP contribution >= 0.6 is 15.9 Å². The molecule has 1 atom stereocenters. The lowest BCUT2D eigenvalue weighted by molar-refractivity contribution is -0.384. The number of nitro groups is 1. The Balaban J connectivity index is 2.63. The van der Waals surface area contributed by atoms with Crippen molar-refractivity contribution in [1.82, 2.24) is 0 Å². The summed E-state index contributed by atoms with van der Waals surface area (Å²) in [6.07, 6.45) is -0.166. The molecule has 0 heterocycles. The lowest BCUT2D eigenvalue weighted by Gasteiger charge is -2.28. The Morgan fingerprint density at radius 1 is 1.19 bits per heavy atom. The summed E-state index contributed by atoms with van der Waals surface area (Å²) in [6.45, 7) is 1.59. The van der Waals surface area contributed by atoms with Gasteiger partial charge in [0.25, 0.3) is 5.69 Å². The number of halogens is 1. The Morgan fingerprint density at radius 3 is 2.31 bits per heavy atom. The van der Waals surface area contributed by atoms with Crippen molar-refractivity contribution in [2.75, 3.05) is 6.61 Å². The van der Waals surface area contributed by atoms with Gasteiger partial charge in [0.2, 0.25) is 0 Å². The van der Waals surface area contributed by atoms with Crippen molar-refractivity contribution < 1.29 is 24.4 Å². The van der Waals surface area contributed by atoms with E-state index in [1.54, 1.807) is 31.2 Å². The molecular formula is C18H16BrNO6. The fourth-order valence-corrected chi connectivity index (χ4v) is 3.05. The maximum atomic E-state index is 12.7. The van der Waals surface area contributed by atoms with Gasteiger partial charge in [0.05, 0.1) is 11.5 Å². The number of nitro benzene ring substituents is 1. The first-order valence-electron chi connectivity index (χ1n) is 7.72. The fraction of sp³-hybridized carbons (Fsp3) is 0.222. The molecule has 1 N–H and O–H groups in total. The van der Waals surface area contributed by atoms with Crippen LogP contribution in [0.25, 0.3) is 0 Å². The van der Waals surface area contributed by atoms with Crippen molar-refractivity contribution in [2.24, 2.45) is 0 Å². The van der Waals surface area contributed by atoms with E-state index in [-0.39, 0.29) is 24.3 Å². The second-order valence-corrected chi connectivity index (χ2v) is 6.36. The summed E-state index contributed by atoms with van der Waals surface area (Å²) >= 11 is 3.36. The molecule has 26 heavy (non-hydrogen) atoms. The van der Waals surface area contributed by atoms with Crippen LogP contribution in [0.5, 0.6) is 0 Å². The molecule has 0 amide bonds. The predicted molar refractivity (Wildman–Crippen MR) is 96.9 cm³/mol. The lowest BCUT2D eigenvalue weighted by atomic mass is 9.75. The molecule has 0 aliphatic heterocycles. The first-order chi connectivity index (χ1) is 12.3. The molecule has 2 aromatic rings. The minimum absolute atomic E-state index is 0.0107. The van der Waals surface area contributed by atoms with Gasteiger partial charge < -0.3 is 9.84 Å². The predicted octanol–water partition coefficient (Wildman–Crippen LogP) is 3.49. The van der Waals surface area contributed by atoms with Crippen LogP contribution in [-0.4, -0.2) is 28.6 Å². The third-order valence-electron chi connectivity index (χ3n) is 3.97. The molecular weight excluding hydrogens is 406 g/mol. The molecule has 136 valence electrons. The number of carbonyl (C=O) groups excluding carboxylic acids is 1. The molecule has 1 unspecified atom stereocenters. The number of carboxylic acid groups (broad SMARTS) is 1. The van der Waals surface area contributed by atoms with Crippen molar-refractivity contribution in [1.29, 1.82) is 0 Å². The van der Waals surface area contributed by atoms with Gasteiger partial charge in [-0.05, 0) is 24.1 Å². The van der Waals surface area contributed by atoms with Gasteiger partial charge in [-0.1, -0.05) is 46.3 Å². The average Bonchev–Trinajstić information content (AvgIpc) is 2.61. The summed E-state index contributed by atoms with van der Waals surface area (Å²) in [7, 11) is 0. The molecule has 0 spiro atoms. The SMILES string of the molecule is CCOC(=O)C(Cc1ccccc1Br)(C(=O)O)c1ccc([N+](=O)[O-])cc1. The number of hydrogen-bond donors (Lipinski definition) is 1. The molecule has 0 saturated carbocycles. The lowest BCUT2D eigenvalue weighted by Crippen LogP contribution is -2.47. The first kappa shape index (κ1) is 19.6. The van der Waals surface area contributed by atoms with Gasteiger partial charge >= 0.3 is 11.9 Å². The second kappa shape index (κ2) is 8.09. The van der Waals surface area contributed by atoms with E-state index < -0.39 is 22.3 Å². The molecule has 0 fully saturated rings. The van der Waals surface area contributed by atoms with Crippen LogP contribution in [0.1, 0.15) is 18.1 Å². The van der Waals surface area contributed by atoms with Gasteiger partial charge in [-0.15, -0.1) is 0 Å². The second-order valence-electron chi connectivity index (χ2n) is 5.50. The summed E-state index contributed by atoms with van der Waals surface area (Å²) in [5.74, 6) is -2.31. The van der Waals surface area contributed by atoms with E-state index in [0.29, 0.717) is 10.0 Å². The number of carboxylic acids is 1. The molecule has 0 saturated heterocycles. The zero-order chi connectivity index (χ0) is 19.3. The molecule has 0 aliphatic carbocycles. The minimum atomic E-state index is -2.02. The van der Waals surface area contributed by atoms with Crippen LogP contribution in [0, 0.1) is 10.1 Å². The van der Waals surface area contributed by atoms with E-state index in [1.807, 2.05) is 0 Å². The zero-order valence-electron chi connectivity index (χ0n) is 13.8. The number of esters is 1. The van der Waals surface area contributed by atoms with Crippen molar-refractivity contribution >= 4 is 33.6 Å². The summed E-state index contributed by atoms with van der Waals surface area (Å²) in [5.41, 5.74) is -1.50. The summed E-state index contributed by atoms with van der Waals surface area (Å²) in [6, 6.07) is 11.8. The van der Waals surface area contributed by atoms with Crippen molar-refractivity contribution in [3.05, 3.63) is 74.2 Å². The molecule has 0 aliphatic rings. The zero-order valence-corrected chi connectivity index (χ0v) is 15.4. The molecule has 0 radical (unpaired) electrons. The maximum Gasteiger partial charge on any atom is 0.328 e. The highest BCUT2D eigenvalue weighted by atomic mass is 79.9. The van der Waals surface area contributed by atoms with E-state index in [9.17, 15) is 24.8 Å². The van der Waals surface area contributed by atoms with Crippen molar-refractivity contribution in [3.8, 4) is 0 Å². The Bertz CT molecular complexity index is 836. The van der Waals surface area contributed by atoms with Crippen LogP contribution in [0.2, 0.25) is 0 Å². The Kier molecular flexibility index (Phi) is 6.10. The van der Waals surface area contributed by atoms with E-state index >= 15 is 0 Å². The third kappa shape index (κ3) is 3.75. The normalized spacial score (nSPS) is 12.8. The van der Waals surface area contributed by atoms with Crippen molar-refractivity contribution in [2.45, 2.75) is 18.8 Å². The Labute approximate surface area is 157 Å². The molecule has 0 aromatic heterocycles. The fourth-order valence-electron chi connectivity index (χ4n) is 2.63. The smallest absolute Gasteiger partial charge is 0.328 e. The molecule has 2 aromatic carbocycles. The van der Waals surface area contributed by atoms with E-state index in [1.165, 1.54) is 24.3 Å². The maximum absolute atomic E-state index is 12.7. The number of rotatable bonds is 7. The van der Waals surface area contributed by atoms with Crippen LogP contribution in [-0.2, 0) is 26.2 Å². The molecule has 7 nitrogen and oxygen atoms in total. The number of ether oxygens (including phenoxy) is 1. The number of hydrogen-bond acceptors (Lipinski definition) is 5. The highest BCUT2D eigenvalue weighted by Crippen LogP contribution is 2.34. The van der Waals surface area contributed by atoms with E-state index in [4.69, 9.17) is 4.74 Å². The topological polar surface area (TPSA) is 107 Å². The van der Waals surface area contributed by atoms with Crippen LogP contribution < -0.4 is 0 Å². The Hall–Kier alpha value is -2.74. The number of non-ortho nitro benzene ring substituents is 1. The van der Waals surface area contributed by atoms with Crippen LogP contribution in [0.15, 0.2) is 53.0 Å². The number of nitrogens with zero attached hydrogens (tertiary/aromatic N) is 1. The van der Waals surface area contributed by atoms with Crippen LogP contribution in [0.3, 0.4) is 0 Å². The standard InChI is InChI=1S/C18H16BrNO6/c1-2-26-17(23)18(16(21)22,11-12-5-3-4-6-15(12)19)13-7-9-14(10-8-13)20(24)25/h3-10H,2,11H2,1H3,(H,21,22). The first-order valence-corrected chi connectivity index (χ1v) is 8.51. The quantitative estimate of drug-likeness (QED) is 0.317. The number of aliphatic carboxylic acids is 1. The van der Waals surface area contributed by atoms with Crippen molar-refractivity contribution in [3.63, 3.8) is 0 Å². The summed E-state index contributed by atoms with van der Waals surface area (Å²) in [5, 5.41) is 20.8. The van der Waals surface area contributed by atoms with Gasteiger partial charge in [0, 0.05) is 23.0 Å². The van der Waals surface area contributed by atoms with Gasteiger partial charge in [-0.25, -0.2) is 0 Å². The molecule has 8 heteroatoms. The van der Waals surface area contributed by atoms with E-state index in [0.717, 1.165) is 0 Å². The highest BCUT2D eigenvalue weighted by Gasteiger charge is 2.50. The number of carbonyl (C=O) groups is 2. The molecule has 0 bridgehead atoms. The van der Waals surface area contributed by atoms with Gasteiger partial charge in [0.15, 0.2) is 5.41 Å². The van der Waals surface area contributed by atoms with Gasteiger partial charge in [0.1, 0.15) is 0 Å². The van der Waals surface area contributed by atoms with Gasteiger partial charge in [-0.3, -0.25) is 19.7 Å². The average molecular weight is 422 g/mol. The highest BCUT2D eigenvalue weighted by molar-refractivity contribution is 9.10. The van der Waals surface area contributed by atoms with E-state index in [2.05, 4.69) is 15.9 Å².